The molecule has 2 aromatic carbocycles. The van der Waals surface area contributed by atoms with Crippen LogP contribution in [0.2, 0.25) is 5.02 Å². The Morgan fingerprint density at radius 3 is 2.56 bits per heavy atom. The number of hydrogen-bond acceptors (Lipinski definition) is 6. The smallest absolute Gasteiger partial charge is 0.224 e. The largest absolute Gasteiger partial charge is 0.497 e. The van der Waals surface area contributed by atoms with Crippen molar-refractivity contribution < 1.29 is 9.47 Å². The van der Waals surface area contributed by atoms with Crippen LogP contribution in [0.3, 0.4) is 0 Å². The molecular weight excluding hydrogens is 364 g/mol. The number of aromatic nitrogens is 2. The Balaban J connectivity index is 1.62. The number of benzene rings is 2. The third kappa shape index (κ3) is 5.24. The first kappa shape index (κ1) is 18.8. The minimum absolute atomic E-state index is 0.557. The first-order valence-electron chi connectivity index (χ1n) is 8.48. The SMILES string of the molecule is COc1ccc(Nc2ccnc(NCCc3ccc(Cl)cc3)n2)c(OC)c1. The van der Waals surface area contributed by atoms with E-state index in [1.165, 1.54) is 5.56 Å². The second kappa shape index (κ2) is 9.09. The maximum absolute atomic E-state index is 5.91. The van der Waals surface area contributed by atoms with Crippen molar-refractivity contribution in [3.05, 3.63) is 65.3 Å². The number of hydrogen-bond donors (Lipinski definition) is 2. The van der Waals surface area contributed by atoms with Crippen LogP contribution in [0, 0.1) is 0 Å². The van der Waals surface area contributed by atoms with E-state index in [9.17, 15) is 0 Å². The summed E-state index contributed by atoms with van der Waals surface area (Å²) in [5, 5.41) is 7.22. The first-order valence-corrected chi connectivity index (χ1v) is 8.86. The molecule has 0 aliphatic carbocycles. The van der Waals surface area contributed by atoms with E-state index in [-0.39, 0.29) is 0 Å². The topological polar surface area (TPSA) is 68.3 Å². The van der Waals surface area contributed by atoms with Gasteiger partial charge in [-0.05, 0) is 42.3 Å². The van der Waals surface area contributed by atoms with Crippen molar-refractivity contribution in [3.63, 3.8) is 0 Å². The predicted octanol–water partition coefficient (Wildman–Crippen LogP) is 4.55. The maximum Gasteiger partial charge on any atom is 0.224 e. The number of halogens is 1. The highest BCUT2D eigenvalue weighted by atomic mass is 35.5. The van der Waals surface area contributed by atoms with Gasteiger partial charge in [0.15, 0.2) is 0 Å². The summed E-state index contributed by atoms with van der Waals surface area (Å²) in [4.78, 5) is 8.75. The maximum atomic E-state index is 5.91. The van der Waals surface area contributed by atoms with E-state index in [0.29, 0.717) is 17.5 Å². The second-order valence-electron chi connectivity index (χ2n) is 5.76. The number of nitrogens with one attached hydrogen (secondary N) is 2. The summed E-state index contributed by atoms with van der Waals surface area (Å²) in [6.07, 6.45) is 2.56. The monoisotopic (exact) mass is 384 g/mol. The molecular formula is C20H21ClN4O2. The van der Waals surface area contributed by atoms with Crippen LogP contribution in [0.25, 0.3) is 0 Å². The molecule has 3 rings (SSSR count). The molecule has 27 heavy (non-hydrogen) atoms. The summed E-state index contributed by atoms with van der Waals surface area (Å²) in [6, 6.07) is 15.2. The molecule has 0 atom stereocenters. The fourth-order valence-corrected chi connectivity index (χ4v) is 2.65. The van der Waals surface area contributed by atoms with Crippen molar-refractivity contribution >= 4 is 29.1 Å². The summed E-state index contributed by atoms with van der Waals surface area (Å²) in [6.45, 7) is 0.719. The van der Waals surface area contributed by atoms with Crippen LogP contribution < -0.4 is 20.1 Å². The van der Waals surface area contributed by atoms with Gasteiger partial charge in [-0.1, -0.05) is 23.7 Å². The molecule has 1 aromatic heterocycles. The molecule has 0 unspecified atom stereocenters. The van der Waals surface area contributed by atoms with Crippen LogP contribution in [-0.4, -0.2) is 30.7 Å². The van der Waals surface area contributed by atoms with E-state index >= 15 is 0 Å². The Morgan fingerprint density at radius 1 is 1.00 bits per heavy atom. The minimum Gasteiger partial charge on any atom is -0.497 e. The molecule has 0 amide bonds. The Bertz CT molecular complexity index is 887. The summed E-state index contributed by atoms with van der Waals surface area (Å²) in [5.41, 5.74) is 1.99. The number of rotatable bonds is 8. The number of ether oxygens (including phenoxy) is 2. The lowest BCUT2D eigenvalue weighted by molar-refractivity contribution is 0.395. The van der Waals surface area contributed by atoms with Crippen LogP contribution in [0.15, 0.2) is 54.7 Å². The van der Waals surface area contributed by atoms with Gasteiger partial charge in [0.1, 0.15) is 17.3 Å². The molecule has 0 fully saturated rings. The Hall–Kier alpha value is -2.99. The van der Waals surface area contributed by atoms with Gasteiger partial charge in [0.2, 0.25) is 5.95 Å². The minimum atomic E-state index is 0.557. The van der Waals surface area contributed by atoms with Crippen molar-refractivity contribution in [1.82, 2.24) is 9.97 Å². The lowest BCUT2D eigenvalue weighted by Gasteiger charge is -2.12. The van der Waals surface area contributed by atoms with E-state index in [0.717, 1.165) is 29.4 Å². The predicted molar refractivity (Wildman–Crippen MR) is 109 cm³/mol. The molecule has 0 saturated heterocycles. The quantitative estimate of drug-likeness (QED) is 0.594. The Labute approximate surface area is 163 Å². The van der Waals surface area contributed by atoms with E-state index in [1.54, 1.807) is 26.5 Å². The lowest BCUT2D eigenvalue weighted by Crippen LogP contribution is -2.08. The standard InChI is InChI=1S/C20H21ClN4O2/c1-26-16-7-8-17(18(13-16)27-2)24-19-10-12-23-20(25-19)22-11-9-14-3-5-15(21)6-4-14/h3-8,10,12-13H,9,11H2,1-2H3,(H2,22,23,24,25). The Morgan fingerprint density at radius 2 is 1.81 bits per heavy atom. The van der Waals surface area contributed by atoms with Gasteiger partial charge in [0.05, 0.1) is 19.9 Å². The first-order chi connectivity index (χ1) is 13.2. The molecule has 2 N–H and O–H groups in total. The van der Waals surface area contributed by atoms with Gasteiger partial charge in [-0.25, -0.2) is 4.98 Å². The summed E-state index contributed by atoms with van der Waals surface area (Å²) in [7, 11) is 3.23. The van der Waals surface area contributed by atoms with E-state index < -0.39 is 0 Å². The zero-order chi connectivity index (χ0) is 19.1. The molecule has 140 valence electrons. The molecule has 0 spiro atoms. The van der Waals surface area contributed by atoms with Gasteiger partial charge in [-0.2, -0.15) is 4.98 Å². The van der Waals surface area contributed by atoms with Gasteiger partial charge >= 0.3 is 0 Å². The zero-order valence-corrected chi connectivity index (χ0v) is 16.0. The van der Waals surface area contributed by atoms with Gasteiger partial charge in [-0.3, -0.25) is 0 Å². The van der Waals surface area contributed by atoms with Crippen molar-refractivity contribution in [3.8, 4) is 11.5 Å². The molecule has 0 saturated carbocycles. The highest BCUT2D eigenvalue weighted by Crippen LogP contribution is 2.31. The molecule has 1 heterocycles. The van der Waals surface area contributed by atoms with Crippen molar-refractivity contribution in [2.75, 3.05) is 31.4 Å². The van der Waals surface area contributed by atoms with Crippen molar-refractivity contribution in [1.29, 1.82) is 0 Å². The summed E-state index contributed by atoms with van der Waals surface area (Å²) in [5.74, 6) is 2.62. The molecule has 6 nitrogen and oxygen atoms in total. The van der Waals surface area contributed by atoms with Crippen LogP contribution >= 0.6 is 11.6 Å². The van der Waals surface area contributed by atoms with E-state index in [4.69, 9.17) is 21.1 Å². The molecule has 0 aliphatic rings. The number of methoxy groups -OCH3 is 2. The molecule has 0 radical (unpaired) electrons. The van der Waals surface area contributed by atoms with E-state index in [2.05, 4.69) is 20.6 Å². The average molecular weight is 385 g/mol. The van der Waals surface area contributed by atoms with Gasteiger partial charge < -0.3 is 20.1 Å². The Kier molecular flexibility index (Phi) is 6.33. The number of nitrogens with zero attached hydrogens (tertiary/aromatic N) is 2. The van der Waals surface area contributed by atoms with Crippen LogP contribution in [0.1, 0.15) is 5.56 Å². The third-order valence-electron chi connectivity index (χ3n) is 3.94. The molecule has 3 aromatic rings. The highest BCUT2D eigenvalue weighted by molar-refractivity contribution is 6.30. The third-order valence-corrected chi connectivity index (χ3v) is 4.19. The average Bonchev–Trinajstić information content (AvgIpc) is 2.70. The lowest BCUT2D eigenvalue weighted by atomic mass is 10.1. The van der Waals surface area contributed by atoms with Crippen molar-refractivity contribution in [2.45, 2.75) is 6.42 Å². The molecule has 0 bridgehead atoms. The van der Waals surface area contributed by atoms with Gasteiger partial charge in [-0.15, -0.1) is 0 Å². The van der Waals surface area contributed by atoms with Gasteiger partial charge in [0.25, 0.3) is 0 Å². The fourth-order valence-electron chi connectivity index (χ4n) is 2.52. The summed E-state index contributed by atoms with van der Waals surface area (Å²) >= 11 is 5.91. The molecule has 0 aliphatic heterocycles. The van der Waals surface area contributed by atoms with Crippen molar-refractivity contribution in [2.24, 2.45) is 0 Å². The zero-order valence-electron chi connectivity index (χ0n) is 15.2. The van der Waals surface area contributed by atoms with Crippen LogP contribution in [-0.2, 0) is 6.42 Å². The highest BCUT2D eigenvalue weighted by Gasteiger charge is 2.07. The normalized spacial score (nSPS) is 10.3. The van der Waals surface area contributed by atoms with Crippen LogP contribution in [0.5, 0.6) is 11.5 Å². The second-order valence-corrected chi connectivity index (χ2v) is 6.20. The number of anilines is 3. The van der Waals surface area contributed by atoms with Crippen LogP contribution in [0.4, 0.5) is 17.5 Å². The fraction of sp³-hybridized carbons (Fsp3) is 0.200. The molecule has 7 heteroatoms. The van der Waals surface area contributed by atoms with Gasteiger partial charge in [0, 0.05) is 23.8 Å². The van der Waals surface area contributed by atoms with E-state index in [1.807, 2.05) is 42.5 Å². The summed E-state index contributed by atoms with van der Waals surface area (Å²) < 4.78 is 10.6.